The summed E-state index contributed by atoms with van der Waals surface area (Å²) in [6.45, 7) is 3.31. The molecule has 0 radical (unpaired) electrons. The third kappa shape index (κ3) is 4.58. The Bertz CT molecular complexity index is 634. The van der Waals surface area contributed by atoms with E-state index in [-0.39, 0.29) is 17.7 Å². The smallest absolute Gasteiger partial charge is 0.253 e. The van der Waals surface area contributed by atoms with E-state index < -0.39 is 0 Å². The maximum atomic E-state index is 12.2. The van der Waals surface area contributed by atoms with Crippen LogP contribution in [-0.2, 0) is 9.59 Å². The molecule has 6 nitrogen and oxygen atoms in total. The first-order chi connectivity index (χ1) is 11.5. The average molecular weight is 332 g/mol. The van der Waals surface area contributed by atoms with E-state index in [2.05, 4.69) is 10.6 Å². The van der Waals surface area contributed by atoms with Gasteiger partial charge in [-0.1, -0.05) is 6.07 Å². The number of carbonyl (C=O) groups excluding carboxylic acids is 2. The van der Waals surface area contributed by atoms with Gasteiger partial charge in [-0.25, -0.2) is 0 Å². The third-order valence-corrected chi connectivity index (χ3v) is 4.10. The second kappa shape index (κ2) is 8.49. The van der Waals surface area contributed by atoms with Crippen molar-refractivity contribution >= 4 is 17.9 Å². The minimum absolute atomic E-state index is 0.0934. The predicted molar refractivity (Wildman–Crippen MR) is 91.9 cm³/mol. The summed E-state index contributed by atoms with van der Waals surface area (Å²) in [5.74, 6) is 0.557. The van der Waals surface area contributed by atoms with E-state index in [1.54, 1.807) is 39.4 Å². The molecule has 1 aliphatic rings. The van der Waals surface area contributed by atoms with Gasteiger partial charge >= 0.3 is 0 Å². The van der Waals surface area contributed by atoms with Gasteiger partial charge in [0, 0.05) is 11.5 Å². The molecule has 1 saturated heterocycles. The topological polar surface area (TPSA) is 76.7 Å². The van der Waals surface area contributed by atoms with Crippen molar-refractivity contribution in [2.45, 2.75) is 19.8 Å². The highest BCUT2D eigenvalue weighted by Gasteiger charge is 2.22. The Balaban J connectivity index is 2.03. The normalized spacial score (nSPS) is 15.7. The molecule has 2 N–H and O–H groups in total. The molecule has 1 heterocycles. The summed E-state index contributed by atoms with van der Waals surface area (Å²) in [5, 5.41) is 5.69. The van der Waals surface area contributed by atoms with Crippen molar-refractivity contribution in [2.75, 3.05) is 27.3 Å². The van der Waals surface area contributed by atoms with E-state index in [9.17, 15) is 9.59 Å². The van der Waals surface area contributed by atoms with Crippen molar-refractivity contribution in [1.82, 2.24) is 10.6 Å². The van der Waals surface area contributed by atoms with Gasteiger partial charge in [-0.2, -0.15) is 0 Å². The van der Waals surface area contributed by atoms with Gasteiger partial charge in [0.15, 0.2) is 11.5 Å². The molecule has 0 aromatic heterocycles. The molecule has 130 valence electrons. The molecule has 0 aliphatic carbocycles. The van der Waals surface area contributed by atoms with E-state index in [4.69, 9.17) is 9.47 Å². The summed E-state index contributed by atoms with van der Waals surface area (Å²) in [5.41, 5.74) is 1.26. The van der Waals surface area contributed by atoms with Crippen LogP contribution in [0.2, 0.25) is 0 Å². The summed E-state index contributed by atoms with van der Waals surface area (Å²) in [7, 11) is 3.13. The minimum Gasteiger partial charge on any atom is -0.493 e. The summed E-state index contributed by atoms with van der Waals surface area (Å²) in [4.78, 5) is 24.3. The maximum Gasteiger partial charge on any atom is 0.253 e. The lowest BCUT2D eigenvalue weighted by atomic mass is 9.97. The van der Waals surface area contributed by atoms with Crippen molar-refractivity contribution in [3.8, 4) is 11.5 Å². The van der Waals surface area contributed by atoms with Gasteiger partial charge in [-0.05, 0) is 56.6 Å². The molecule has 2 amide bonds. The van der Waals surface area contributed by atoms with Gasteiger partial charge in [0.1, 0.15) is 0 Å². The quantitative estimate of drug-likeness (QED) is 0.804. The summed E-state index contributed by atoms with van der Waals surface area (Å²) in [6, 6.07) is 5.38. The Hall–Kier alpha value is -2.34. The molecular formula is C18H24N2O4. The van der Waals surface area contributed by atoms with E-state index >= 15 is 0 Å². The van der Waals surface area contributed by atoms with Crippen molar-refractivity contribution < 1.29 is 19.1 Å². The Kier molecular flexibility index (Phi) is 6.37. The van der Waals surface area contributed by atoms with Crippen LogP contribution in [0.3, 0.4) is 0 Å². The zero-order valence-corrected chi connectivity index (χ0v) is 14.3. The molecule has 2 rings (SSSR count). The second-order valence-corrected chi connectivity index (χ2v) is 5.78. The van der Waals surface area contributed by atoms with Crippen LogP contribution in [-0.4, -0.2) is 39.1 Å². The number of benzene rings is 1. The first-order valence-corrected chi connectivity index (χ1v) is 8.01. The number of hydrogen-bond acceptors (Lipinski definition) is 5. The monoisotopic (exact) mass is 332 g/mol. The molecule has 24 heavy (non-hydrogen) atoms. The van der Waals surface area contributed by atoms with E-state index in [0.29, 0.717) is 17.1 Å². The Labute approximate surface area is 142 Å². The molecule has 0 saturated carbocycles. The molecule has 1 aromatic carbocycles. The zero-order chi connectivity index (χ0) is 17.5. The highest BCUT2D eigenvalue weighted by atomic mass is 16.5. The molecule has 1 aromatic rings. The van der Waals surface area contributed by atoms with Crippen LogP contribution in [0.15, 0.2) is 23.8 Å². The minimum atomic E-state index is -0.367. The average Bonchev–Trinajstić information content (AvgIpc) is 2.62. The number of imide groups is 1. The Morgan fingerprint density at radius 1 is 1.17 bits per heavy atom. The van der Waals surface area contributed by atoms with Gasteiger partial charge in [-0.3, -0.25) is 14.9 Å². The summed E-state index contributed by atoms with van der Waals surface area (Å²) >= 11 is 0. The summed E-state index contributed by atoms with van der Waals surface area (Å²) < 4.78 is 10.4. The zero-order valence-electron chi connectivity index (χ0n) is 14.3. The van der Waals surface area contributed by atoms with Crippen LogP contribution >= 0.6 is 0 Å². The van der Waals surface area contributed by atoms with Gasteiger partial charge < -0.3 is 14.8 Å². The number of ether oxygens (including phenoxy) is 2. The highest BCUT2D eigenvalue weighted by Crippen LogP contribution is 2.28. The van der Waals surface area contributed by atoms with Gasteiger partial charge in [0.2, 0.25) is 5.91 Å². The van der Waals surface area contributed by atoms with Gasteiger partial charge in [0.05, 0.1) is 14.2 Å². The number of hydrogen-bond donors (Lipinski definition) is 2. The van der Waals surface area contributed by atoms with Crippen LogP contribution < -0.4 is 20.1 Å². The third-order valence-electron chi connectivity index (χ3n) is 4.10. The molecule has 1 aliphatic heterocycles. The Morgan fingerprint density at radius 3 is 2.46 bits per heavy atom. The molecule has 0 unspecified atom stereocenters. The van der Waals surface area contributed by atoms with E-state index in [1.807, 2.05) is 6.07 Å². The lowest BCUT2D eigenvalue weighted by Crippen LogP contribution is -2.40. The van der Waals surface area contributed by atoms with Crippen molar-refractivity contribution in [2.24, 2.45) is 5.92 Å². The fourth-order valence-corrected chi connectivity index (χ4v) is 2.65. The molecule has 6 heteroatoms. The largest absolute Gasteiger partial charge is 0.493 e. The van der Waals surface area contributed by atoms with Crippen LogP contribution in [0.4, 0.5) is 0 Å². The Morgan fingerprint density at radius 2 is 1.83 bits per heavy atom. The predicted octanol–water partition coefficient (Wildman–Crippen LogP) is 1.75. The molecule has 1 fully saturated rings. The van der Waals surface area contributed by atoms with Crippen molar-refractivity contribution in [3.05, 3.63) is 29.3 Å². The van der Waals surface area contributed by atoms with Crippen LogP contribution in [0.5, 0.6) is 11.5 Å². The number of nitrogens with one attached hydrogen (secondary N) is 2. The summed E-state index contributed by atoms with van der Waals surface area (Å²) in [6.07, 6.45) is 3.24. The van der Waals surface area contributed by atoms with E-state index in [0.717, 1.165) is 31.5 Å². The van der Waals surface area contributed by atoms with Gasteiger partial charge in [-0.15, -0.1) is 0 Å². The molecule has 0 bridgehead atoms. The number of methoxy groups -OCH3 is 2. The number of amides is 2. The van der Waals surface area contributed by atoms with Crippen LogP contribution in [0.1, 0.15) is 25.3 Å². The van der Waals surface area contributed by atoms with Crippen molar-refractivity contribution in [3.63, 3.8) is 0 Å². The van der Waals surface area contributed by atoms with Gasteiger partial charge in [0.25, 0.3) is 5.91 Å². The molecule has 0 spiro atoms. The molecular weight excluding hydrogens is 308 g/mol. The lowest BCUT2D eigenvalue weighted by molar-refractivity contribution is -0.131. The SMILES string of the molecule is COc1ccc(/C=C(\C)C(=O)NC(=O)C2CCNCC2)cc1OC. The first-order valence-electron chi connectivity index (χ1n) is 8.01. The maximum absolute atomic E-state index is 12.2. The standard InChI is InChI=1S/C18H24N2O4/c1-12(10-13-4-5-15(23-2)16(11-13)24-3)17(21)20-18(22)14-6-8-19-9-7-14/h4-5,10-11,14,19H,6-9H2,1-3H3,(H,20,21,22)/b12-10+. The number of rotatable bonds is 5. The lowest BCUT2D eigenvalue weighted by Gasteiger charge is -2.21. The van der Waals surface area contributed by atoms with Crippen LogP contribution in [0.25, 0.3) is 6.08 Å². The van der Waals surface area contributed by atoms with Crippen LogP contribution in [0, 0.1) is 5.92 Å². The number of piperidine rings is 1. The highest BCUT2D eigenvalue weighted by molar-refractivity contribution is 6.06. The van der Waals surface area contributed by atoms with E-state index in [1.165, 1.54) is 0 Å². The first kappa shape index (κ1) is 18.0. The fraction of sp³-hybridized carbons (Fsp3) is 0.444. The molecule has 0 atom stereocenters. The van der Waals surface area contributed by atoms with Crippen molar-refractivity contribution in [1.29, 1.82) is 0 Å². The fourth-order valence-electron chi connectivity index (χ4n) is 2.65. The second-order valence-electron chi connectivity index (χ2n) is 5.78. The number of carbonyl (C=O) groups is 2.